The van der Waals surface area contributed by atoms with Gasteiger partial charge in [-0.3, -0.25) is 4.57 Å². The van der Waals surface area contributed by atoms with Crippen LogP contribution in [0.4, 0.5) is 0 Å². The SMILES string of the molecule is Oc1cccc(-n2c(C3CC3)nc3ccc(C(c4ccc(Cl)cc4)c4ccc(Cl)cc4)cc32)c1. The average Bonchev–Trinajstić information content (AvgIpc) is 3.62. The summed E-state index contributed by atoms with van der Waals surface area (Å²) in [7, 11) is 0. The molecule has 0 radical (unpaired) electrons. The van der Waals surface area contributed by atoms with Crippen LogP contribution in [0.2, 0.25) is 10.0 Å². The van der Waals surface area contributed by atoms with Gasteiger partial charge in [0, 0.05) is 27.9 Å². The van der Waals surface area contributed by atoms with Gasteiger partial charge in [-0.25, -0.2) is 4.98 Å². The minimum atomic E-state index is 0.0100. The minimum Gasteiger partial charge on any atom is -0.508 e. The predicted octanol–water partition coefficient (Wildman–Crippen LogP) is 8.10. The van der Waals surface area contributed by atoms with Crippen LogP contribution in [0, 0.1) is 0 Å². The second kappa shape index (κ2) is 8.50. The molecule has 1 aliphatic rings. The van der Waals surface area contributed by atoms with Gasteiger partial charge in [-0.15, -0.1) is 0 Å². The van der Waals surface area contributed by atoms with Crippen molar-refractivity contribution in [1.29, 1.82) is 0 Å². The Morgan fingerprint density at radius 3 is 1.97 bits per heavy atom. The third kappa shape index (κ3) is 3.96. The molecule has 3 nitrogen and oxygen atoms in total. The number of hydrogen-bond acceptors (Lipinski definition) is 2. The number of aromatic nitrogens is 2. The van der Waals surface area contributed by atoms with Gasteiger partial charge < -0.3 is 5.11 Å². The molecule has 0 saturated heterocycles. The molecule has 34 heavy (non-hydrogen) atoms. The summed E-state index contributed by atoms with van der Waals surface area (Å²) in [5.41, 5.74) is 6.38. The zero-order valence-corrected chi connectivity index (χ0v) is 19.8. The average molecular weight is 485 g/mol. The van der Waals surface area contributed by atoms with Crippen molar-refractivity contribution in [3.05, 3.63) is 124 Å². The molecule has 0 aliphatic heterocycles. The normalized spacial score (nSPS) is 13.6. The van der Waals surface area contributed by atoms with Crippen molar-refractivity contribution in [2.75, 3.05) is 0 Å². The lowest BCUT2D eigenvalue weighted by atomic mass is 9.85. The van der Waals surface area contributed by atoms with Crippen molar-refractivity contribution in [2.45, 2.75) is 24.7 Å². The van der Waals surface area contributed by atoms with Crippen LogP contribution in [0.25, 0.3) is 16.7 Å². The van der Waals surface area contributed by atoms with E-state index in [-0.39, 0.29) is 11.7 Å². The number of aromatic hydroxyl groups is 1. The van der Waals surface area contributed by atoms with Gasteiger partial charge in [-0.2, -0.15) is 0 Å². The van der Waals surface area contributed by atoms with E-state index in [9.17, 15) is 5.11 Å². The Morgan fingerprint density at radius 2 is 1.38 bits per heavy atom. The lowest BCUT2D eigenvalue weighted by molar-refractivity contribution is 0.475. The van der Waals surface area contributed by atoms with E-state index < -0.39 is 0 Å². The first-order valence-corrected chi connectivity index (χ1v) is 12.1. The van der Waals surface area contributed by atoms with Gasteiger partial charge in [0.05, 0.1) is 16.7 Å². The molecule has 1 fully saturated rings. The molecular formula is C29H22Cl2N2O. The topological polar surface area (TPSA) is 38.0 Å². The standard InChI is InChI=1S/C29H22Cl2N2O/c30-22-11-6-18(7-12-22)28(19-8-13-23(31)14-9-19)21-10-15-26-27(16-21)33(29(32-26)20-4-5-20)24-2-1-3-25(34)17-24/h1-3,6-17,20,28,34H,4-5H2. The molecule has 1 heterocycles. The molecule has 5 heteroatoms. The number of benzene rings is 4. The molecule has 1 saturated carbocycles. The number of halogens is 2. The van der Waals surface area contributed by atoms with Gasteiger partial charge >= 0.3 is 0 Å². The number of fused-ring (bicyclic) bond motifs is 1. The van der Waals surface area contributed by atoms with E-state index in [1.807, 2.05) is 36.4 Å². The van der Waals surface area contributed by atoms with Crippen molar-refractivity contribution in [3.8, 4) is 11.4 Å². The van der Waals surface area contributed by atoms with Gasteiger partial charge in [-0.1, -0.05) is 59.6 Å². The summed E-state index contributed by atoms with van der Waals surface area (Å²) in [6, 6.07) is 29.9. The molecule has 0 bridgehead atoms. The molecule has 6 rings (SSSR count). The Balaban J connectivity index is 1.56. The zero-order valence-electron chi connectivity index (χ0n) is 18.3. The highest BCUT2D eigenvalue weighted by atomic mass is 35.5. The zero-order chi connectivity index (χ0) is 23.2. The Kier molecular flexibility index (Phi) is 5.32. The molecule has 0 amide bonds. The number of nitrogens with zero attached hydrogens (tertiary/aromatic N) is 2. The Labute approximate surface area is 208 Å². The minimum absolute atomic E-state index is 0.0100. The summed E-state index contributed by atoms with van der Waals surface area (Å²) in [6.45, 7) is 0. The summed E-state index contributed by atoms with van der Waals surface area (Å²) in [4.78, 5) is 5.00. The van der Waals surface area contributed by atoms with E-state index in [2.05, 4.69) is 47.0 Å². The van der Waals surface area contributed by atoms with Crippen molar-refractivity contribution in [2.24, 2.45) is 0 Å². The van der Waals surface area contributed by atoms with Crippen LogP contribution in [0.1, 0.15) is 47.2 Å². The molecule has 1 aliphatic carbocycles. The van der Waals surface area contributed by atoms with Crippen molar-refractivity contribution in [1.82, 2.24) is 9.55 Å². The quantitative estimate of drug-likeness (QED) is 0.256. The fourth-order valence-electron chi connectivity index (χ4n) is 4.70. The molecule has 4 aromatic carbocycles. The van der Waals surface area contributed by atoms with Gasteiger partial charge in [0.1, 0.15) is 11.6 Å². The number of hydrogen-bond donors (Lipinski definition) is 1. The van der Waals surface area contributed by atoms with E-state index in [0.717, 1.165) is 52.1 Å². The molecular weight excluding hydrogens is 463 g/mol. The van der Waals surface area contributed by atoms with E-state index in [0.29, 0.717) is 16.0 Å². The first-order chi connectivity index (χ1) is 16.6. The molecule has 1 N–H and O–H groups in total. The van der Waals surface area contributed by atoms with Gasteiger partial charge in [0.15, 0.2) is 0 Å². The van der Waals surface area contributed by atoms with Crippen molar-refractivity contribution >= 4 is 34.2 Å². The monoisotopic (exact) mass is 484 g/mol. The second-order valence-corrected chi connectivity index (χ2v) is 9.76. The number of phenolic OH excluding ortho intramolecular Hbond substituents is 1. The lowest BCUT2D eigenvalue weighted by Gasteiger charge is -2.20. The van der Waals surface area contributed by atoms with Gasteiger partial charge in [0.25, 0.3) is 0 Å². The highest BCUT2D eigenvalue weighted by Crippen LogP contribution is 2.43. The summed E-state index contributed by atoms with van der Waals surface area (Å²) in [5, 5.41) is 11.6. The smallest absolute Gasteiger partial charge is 0.117 e. The number of rotatable bonds is 5. The summed E-state index contributed by atoms with van der Waals surface area (Å²) in [5.74, 6) is 1.78. The lowest BCUT2D eigenvalue weighted by Crippen LogP contribution is -2.04. The maximum atomic E-state index is 10.2. The number of phenols is 1. The molecule has 0 atom stereocenters. The maximum Gasteiger partial charge on any atom is 0.117 e. The van der Waals surface area contributed by atoms with E-state index in [4.69, 9.17) is 28.2 Å². The first-order valence-electron chi connectivity index (χ1n) is 11.4. The second-order valence-electron chi connectivity index (χ2n) is 8.88. The van der Waals surface area contributed by atoms with Crippen LogP contribution in [-0.2, 0) is 0 Å². The summed E-state index contributed by atoms with van der Waals surface area (Å²) in [6.07, 6.45) is 2.29. The van der Waals surface area contributed by atoms with Crippen LogP contribution < -0.4 is 0 Å². The highest BCUT2D eigenvalue weighted by molar-refractivity contribution is 6.30. The molecule has 168 valence electrons. The van der Waals surface area contributed by atoms with Crippen molar-refractivity contribution < 1.29 is 5.11 Å². The van der Waals surface area contributed by atoms with Crippen LogP contribution in [0.15, 0.2) is 91.0 Å². The highest BCUT2D eigenvalue weighted by Gasteiger charge is 2.30. The third-order valence-electron chi connectivity index (χ3n) is 6.47. The molecule has 1 aromatic heterocycles. The Hall–Kier alpha value is -3.27. The molecule has 0 unspecified atom stereocenters. The molecule has 0 spiro atoms. The Bertz CT molecular complexity index is 1440. The van der Waals surface area contributed by atoms with Crippen LogP contribution >= 0.6 is 23.2 Å². The molecule has 5 aromatic rings. The third-order valence-corrected chi connectivity index (χ3v) is 6.98. The summed E-state index contributed by atoms with van der Waals surface area (Å²) < 4.78 is 2.21. The fourth-order valence-corrected chi connectivity index (χ4v) is 4.95. The summed E-state index contributed by atoms with van der Waals surface area (Å²) >= 11 is 12.4. The van der Waals surface area contributed by atoms with E-state index in [1.54, 1.807) is 12.1 Å². The predicted molar refractivity (Wildman–Crippen MR) is 139 cm³/mol. The van der Waals surface area contributed by atoms with Crippen molar-refractivity contribution in [3.63, 3.8) is 0 Å². The first kappa shape index (κ1) is 21.3. The van der Waals surface area contributed by atoms with Crippen LogP contribution in [0.5, 0.6) is 5.75 Å². The largest absolute Gasteiger partial charge is 0.508 e. The van der Waals surface area contributed by atoms with E-state index in [1.165, 1.54) is 0 Å². The Morgan fingerprint density at radius 1 is 0.765 bits per heavy atom. The maximum absolute atomic E-state index is 10.2. The van der Waals surface area contributed by atoms with Crippen LogP contribution in [-0.4, -0.2) is 14.7 Å². The van der Waals surface area contributed by atoms with Gasteiger partial charge in [-0.05, 0) is 78.1 Å². The van der Waals surface area contributed by atoms with Gasteiger partial charge in [0.2, 0.25) is 0 Å². The number of imidazole rings is 1. The van der Waals surface area contributed by atoms with Crippen LogP contribution in [0.3, 0.4) is 0 Å². The fraction of sp³-hybridized carbons (Fsp3) is 0.138. The van der Waals surface area contributed by atoms with E-state index >= 15 is 0 Å².